The third-order valence-corrected chi connectivity index (χ3v) is 4.23. The molecular formula is C26H20N2O8. The van der Waals surface area contributed by atoms with Crippen molar-refractivity contribution in [3.05, 3.63) is 97.1 Å². The molecule has 3 aromatic rings. The third kappa shape index (κ3) is 8.52. The number of carbonyl (C=O) groups excluding carboxylic acids is 2. The van der Waals surface area contributed by atoms with Crippen molar-refractivity contribution in [3.63, 3.8) is 0 Å². The van der Waals surface area contributed by atoms with Gasteiger partial charge in [0.25, 0.3) is 0 Å². The van der Waals surface area contributed by atoms with Gasteiger partial charge in [-0.1, -0.05) is 18.2 Å². The summed E-state index contributed by atoms with van der Waals surface area (Å²) in [5.41, 5.74) is 0.828. The Kier molecular flexibility index (Phi) is 8.55. The molecular weight excluding hydrogens is 468 g/mol. The summed E-state index contributed by atoms with van der Waals surface area (Å²) in [6.07, 6.45) is 3.29. The summed E-state index contributed by atoms with van der Waals surface area (Å²) in [5, 5.41) is 22.3. The van der Waals surface area contributed by atoms with Crippen molar-refractivity contribution in [1.29, 1.82) is 0 Å². The minimum Gasteiger partial charge on any atom is -0.478 e. The molecule has 2 amide bonds. The van der Waals surface area contributed by atoms with Crippen LogP contribution in [0.15, 0.2) is 97.1 Å². The van der Waals surface area contributed by atoms with Gasteiger partial charge in [-0.25, -0.2) is 9.59 Å². The molecule has 0 aromatic heterocycles. The second-order valence-corrected chi connectivity index (χ2v) is 7.06. The molecule has 182 valence electrons. The number of carbonyl (C=O) groups is 4. The van der Waals surface area contributed by atoms with Crippen LogP contribution in [0.3, 0.4) is 0 Å². The van der Waals surface area contributed by atoms with Gasteiger partial charge in [-0.15, -0.1) is 0 Å². The van der Waals surface area contributed by atoms with E-state index < -0.39 is 23.8 Å². The van der Waals surface area contributed by atoms with Crippen molar-refractivity contribution in [1.82, 2.24) is 0 Å². The Morgan fingerprint density at radius 3 is 1.31 bits per heavy atom. The Labute approximate surface area is 205 Å². The van der Waals surface area contributed by atoms with Crippen LogP contribution in [0, 0.1) is 0 Å². The molecule has 0 aliphatic rings. The Morgan fingerprint density at radius 1 is 0.556 bits per heavy atom. The van der Waals surface area contributed by atoms with Gasteiger partial charge in [0.1, 0.15) is 23.0 Å². The van der Waals surface area contributed by atoms with Gasteiger partial charge in [0.15, 0.2) is 0 Å². The van der Waals surface area contributed by atoms with Gasteiger partial charge in [-0.3, -0.25) is 9.59 Å². The summed E-state index contributed by atoms with van der Waals surface area (Å²) in [5.74, 6) is -1.91. The fourth-order valence-corrected chi connectivity index (χ4v) is 2.81. The number of ether oxygens (including phenoxy) is 2. The molecule has 4 N–H and O–H groups in total. The van der Waals surface area contributed by atoms with Crippen molar-refractivity contribution in [2.24, 2.45) is 0 Å². The molecule has 3 rings (SSSR count). The maximum absolute atomic E-state index is 11.8. The minimum absolute atomic E-state index is 0.414. The summed E-state index contributed by atoms with van der Waals surface area (Å²) in [7, 11) is 0. The SMILES string of the molecule is O=C(O)/C=C/C(=O)Nc1cccc(Oc2cccc(Oc3cccc(NC(=O)/C=C/C(=O)O)c3)c2)c1. The van der Waals surface area contributed by atoms with Crippen molar-refractivity contribution in [3.8, 4) is 23.0 Å². The number of benzene rings is 3. The summed E-state index contributed by atoms with van der Waals surface area (Å²) in [6.45, 7) is 0. The number of carboxylic acid groups (broad SMARTS) is 2. The Morgan fingerprint density at radius 2 is 0.917 bits per heavy atom. The Bertz CT molecular complexity index is 1250. The van der Waals surface area contributed by atoms with E-state index >= 15 is 0 Å². The van der Waals surface area contributed by atoms with Crippen LogP contribution in [0.2, 0.25) is 0 Å². The molecule has 0 saturated heterocycles. The van der Waals surface area contributed by atoms with Gasteiger partial charge in [0.05, 0.1) is 0 Å². The van der Waals surface area contributed by atoms with Crippen LogP contribution in [0.5, 0.6) is 23.0 Å². The molecule has 0 aliphatic carbocycles. The first-order valence-corrected chi connectivity index (χ1v) is 10.4. The van der Waals surface area contributed by atoms with Crippen molar-refractivity contribution >= 4 is 35.1 Å². The van der Waals surface area contributed by atoms with E-state index in [1.165, 1.54) is 0 Å². The molecule has 10 heteroatoms. The zero-order valence-electron chi connectivity index (χ0n) is 18.6. The van der Waals surface area contributed by atoms with E-state index in [-0.39, 0.29) is 0 Å². The van der Waals surface area contributed by atoms with E-state index in [4.69, 9.17) is 19.7 Å². The number of hydrogen-bond acceptors (Lipinski definition) is 6. The van der Waals surface area contributed by atoms with Crippen molar-refractivity contribution < 1.29 is 38.9 Å². The number of rotatable bonds is 10. The molecule has 0 unspecified atom stereocenters. The highest BCUT2D eigenvalue weighted by atomic mass is 16.5. The zero-order valence-corrected chi connectivity index (χ0v) is 18.6. The standard InChI is InChI=1S/C26H20N2O8/c29-23(10-12-25(31)32)27-17-4-1-6-19(14-17)35-21-8-3-9-22(16-21)36-20-7-2-5-18(15-20)28-24(30)11-13-26(33)34/h1-16H,(H,27,29)(H,28,30)(H,31,32)(H,33,34)/b12-10+,13-11+. The van der Waals surface area contributed by atoms with E-state index in [0.29, 0.717) is 34.4 Å². The number of hydrogen-bond donors (Lipinski definition) is 4. The molecule has 36 heavy (non-hydrogen) atoms. The fourth-order valence-electron chi connectivity index (χ4n) is 2.81. The molecule has 0 bridgehead atoms. The third-order valence-electron chi connectivity index (χ3n) is 4.23. The largest absolute Gasteiger partial charge is 0.478 e. The van der Waals surface area contributed by atoms with Gasteiger partial charge < -0.3 is 30.3 Å². The summed E-state index contributed by atoms with van der Waals surface area (Å²) in [6, 6.07) is 19.9. The average Bonchev–Trinajstić information content (AvgIpc) is 2.82. The summed E-state index contributed by atoms with van der Waals surface area (Å²) in [4.78, 5) is 44.6. The monoisotopic (exact) mass is 488 g/mol. The number of anilines is 2. The molecule has 3 aromatic carbocycles. The second kappa shape index (κ2) is 12.2. The number of aliphatic carboxylic acids is 2. The maximum atomic E-state index is 11.8. The lowest BCUT2D eigenvalue weighted by atomic mass is 10.2. The van der Waals surface area contributed by atoms with Crippen molar-refractivity contribution in [2.45, 2.75) is 0 Å². The summed E-state index contributed by atoms with van der Waals surface area (Å²) >= 11 is 0. The number of amides is 2. The lowest BCUT2D eigenvalue weighted by Gasteiger charge is -2.11. The molecule has 0 radical (unpaired) electrons. The van der Waals surface area contributed by atoms with Gasteiger partial charge in [0.2, 0.25) is 11.8 Å². The molecule has 0 atom stereocenters. The lowest BCUT2D eigenvalue weighted by Crippen LogP contribution is -2.08. The van der Waals surface area contributed by atoms with Crippen LogP contribution in [-0.4, -0.2) is 34.0 Å². The first-order chi connectivity index (χ1) is 17.3. The average molecular weight is 488 g/mol. The predicted molar refractivity (Wildman–Crippen MR) is 130 cm³/mol. The minimum atomic E-state index is -1.23. The van der Waals surface area contributed by atoms with E-state index in [2.05, 4.69) is 10.6 Å². The van der Waals surface area contributed by atoms with Crippen molar-refractivity contribution in [2.75, 3.05) is 10.6 Å². The smallest absolute Gasteiger partial charge is 0.328 e. The van der Waals surface area contributed by atoms with E-state index in [9.17, 15) is 19.2 Å². The van der Waals surface area contributed by atoms with Gasteiger partial charge in [0, 0.05) is 53.9 Å². The zero-order chi connectivity index (χ0) is 25.9. The maximum Gasteiger partial charge on any atom is 0.328 e. The Hall–Kier alpha value is -5.38. The van der Waals surface area contributed by atoms with Gasteiger partial charge >= 0.3 is 11.9 Å². The first kappa shape index (κ1) is 25.2. The summed E-state index contributed by atoms with van der Waals surface area (Å²) < 4.78 is 11.7. The molecule has 0 spiro atoms. The van der Waals surface area contributed by atoms with E-state index in [1.54, 1.807) is 72.8 Å². The lowest BCUT2D eigenvalue weighted by molar-refractivity contribution is -0.132. The number of carboxylic acids is 2. The number of nitrogens with one attached hydrogen (secondary N) is 2. The van der Waals surface area contributed by atoms with Crippen LogP contribution < -0.4 is 20.1 Å². The topological polar surface area (TPSA) is 151 Å². The highest BCUT2D eigenvalue weighted by Gasteiger charge is 2.06. The van der Waals surface area contributed by atoms with Crippen LogP contribution in [0.4, 0.5) is 11.4 Å². The first-order valence-electron chi connectivity index (χ1n) is 10.4. The molecule has 0 aliphatic heterocycles. The Balaban J connectivity index is 1.65. The predicted octanol–water partition coefficient (Wildman–Crippen LogP) is 4.43. The van der Waals surface area contributed by atoms with Crippen LogP contribution in [0.1, 0.15) is 0 Å². The van der Waals surface area contributed by atoms with E-state index in [0.717, 1.165) is 24.3 Å². The fraction of sp³-hybridized carbons (Fsp3) is 0. The second-order valence-electron chi connectivity index (χ2n) is 7.06. The van der Waals surface area contributed by atoms with Gasteiger partial charge in [-0.2, -0.15) is 0 Å². The van der Waals surface area contributed by atoms with Gasteiger partial charge in [-0.05, 0) is 36.4 Å². The highest BCUT2D eigenvalue weighted by molar-refractivity contribution is 6.03. The molecule has 0 saturated carbocycles. The quantitative estimate of drug-likeness (QED) is 0.306. The normalized spacial score (nSPS) is 10.7. The van der Waals surface area contributed by atoms with Crippen LogP contribution in [0.25, 0.3) is 0 Å². The molecule has 10 nitrogen and oxygen atoms in total. The van der Waals surface area contributed by atoms with Crippen LogP contribution >= 0.6 is 0 Å². The highest BCUT2D eigenvalue weighted by Crippen LogP contribution is 2.30. The molecule has 0 heterocycles. The molecule has 0 fully saturated rings. The van der Waals surface area contributed by atoms with Crippen LogP contribution in [-0.2, 0) is 19.2 Å². The van der Waals surface area contributed by atoms with E-state index in [1.807, 2.05) is 0 Å².